The van der Waals surface area contributed by atoms with Gasteiger partial charge in [0.25, 0.3) is 0 Å². The minimum absolute atomic E-state index is 0.221. The number of pyridine rings is 2. The molecule has 0 aliphatic rings. The molecule has 8 nitrogen and oxygen atoms in total. The van der Waals surface area contributed by atoms with Crippen LogP contribution in [0.1, 0.15) is 5.56 Å². The standard InChI is InChI=1S/C25H20FN7O/c1-33(2)12-14-8-16(10-27-9-14)22-21(26)20-19(11-28-22)31-32-24(20)25-29-18-5-3-4-17(23(18)30-25)15-6-7-34-13-15/h3-11,13H,12H2,1-2H3,(H,29,30)(H,31,32). The zero-order chi connectivity index (χ0) is 23.2. The van der Waals surface area contributed by atoms with Crippen LogP contribution >= 0.6 is 0 Å². The molecule has 0 saturated heterocycles. The lowest BCUT2D eigenvalue weighted by Crippen LogP contribution is -2.10. The van der Waals surface area contributed by atoms with E-state index < -0.39 is 5.82 Å². The number of nitrogens with zero attached hydrogens (tertiary/aromatic N) is 5. The van der Waals surface area contributed by atoms with Gasteiger partial charge in [-0.15, -0.1) is 0 Å². The van der Waals surface area contributed by atoms with E-state index in [4.69, 9.17) is 9.40 Å². The van der Waals surface area contributed by atoms with Gasteiger partial charge in [-0.3, -0.25) is 15.1 Å². The molecule has 2 N–H and O–H groups in total. The number of nitrogens with one attached hydrogen (secondary N) is 2. The number of furan rings is 1. The van der Waals surface area contributed by atoms with Gasteiger partial charge >= 0.3 is 0 Å². The van der Waals surface area contributed by atoms with Crippen molar-refractivity contribution >= 4 is 21.9 Å². The molecule has 0 spiro atoms. The normalized spacial score (nSPS) is 11.8. The summed E-state index contributed by atoms with van der Waals surface area (Å²) in [6, 6.07) is 9.61. The second kappa shape index (κ2) is 7.89. The Morgan fingerprint density at radius 1 is 1.03 bits per heavy atom. The van der Waals surface area contributed by atoms with E-state index in [1.165, 1.54) is 0 Å². The number of aromatic nitrogens is 6. The second-order valence-electron chi connectivity index (χ2n) is 8.40. The summed E-state index contributed by atoms with van der Waals surface area (Å²) in [6.07, 6.45) is 8.27. The van der Waals surface area contributed by atoms with Crippen molar-refractivity contribution in [2.45, 2.75) is 6.54 Å². The van der Waals surface area contributed by atoms with Gasteiger partial charge in [-0.05, 0) is 37.9 Å². The molecule has 0 amide bonds. The molecule has 0 aliphatic heterocycles. The Kier molecular flexibility index (Phi) is 4.70. The average molecular weight is 453 g/mol. The van der Waals surface area contributed by atoms with Crippen LogP contribution in [0, 0.1) is 5.82 Å². The second-order valence-corrected chi connectivity index (χ2v) is 8.40. The summed E-state index contributed by atoms with van der Waals surface area (Å²) in [6.45, 7) is 0.694. The first kappa shape index (κ1) is 20.3. The molecule has 0 aliphatic carbocycles. The van der Waals surface area contributed by atoms with E-state index in [-0.39, 0.29) is 5.69 Å². The van der Waals surface area contributed by atoms with Gasteiger partial charge in [-0.1, -0.05) is 12.1 Å². The Bertz CT molecular complexity index is 1630. The van der Waals surface area contributed by atoms with Gasteiger partial charge < -0.3 is 14.3 Å². The van der Waals surface area contributed by atoms with Crippen molar-refractivity contribution in [2.75, 3.05) is 14.1 Å². The maximum Gasteiger partial charge on any atom is 0.161 e. The van der Waals surface area contributed by atoms with Crippen LogP contribution in [0.3, 0.4) is 0 Å². The highest BCUT2D eigenvalue weighted by Crippen LogP contribution is 2.34. The van der Waals surface area contributed by atoms with Crippen LogP contribution in [0.2, 0.25) is 0 Å². The monoisotopic (exact) mass is 453 g/mol. The first-order chi connectivity index (χ1) is 16.6. The summed E-state index contributed by atoms with van der Waals surface area (Å²) in [5.74, 6) is -0.00621. The van der Waals surface area contributed by atoms with Crippen LogP contribution in [0.15, 0.2) is 65.9 Å². The zero-order valence-corrected chi connectivity index (χ0v) is 18.5. The average Bonchev–Trinajstić information content (AvgIpc) is 3.57. The fourth-order valence-electron chi connectivity index (χ4n) is 4.21. The van der Waals surface area contributed by atoms with Crippen LogP contribution in [0.25, 0.3) is 55.8 Å². The molecule has 34 heavy (non-hydrogen) atoms. The van der Waals surface area contributed by atoms with Gasteiger partial charge in [0.2, 0.25) is 0 Å². The molecule has 1 aromatic carbocycles. The van der Waals surface area contributed by atoms with Gasteiger partial charge in [0, 0.05) is 35.6 Å². The number of H-pyrrole nitrogens is 2. The summed E-state index contributed by atoms with van der Waals surface area (Å²) in [4.78, 5) is 18.7. The molecule has 6 aromatic rings. The molecule has 5 aromatic heterocycles. The molecule has 9 heteroatoms. The minimum Gasteiger partial charge on any atom is -0.472 e. The minimum atomic E-state index is -0.472. The summed E-state index contributed by atoms with van der Waals surface area (Å²) in [5, 5.41) is 7.57. The predicted molar refractivity (Wildman–Crippen MR) is 127 cm³/mol. The Labute approximate surface area is 193 Å². The smallest absolute Gasteiger partial charge is 0.161 e. The molecule has 0 saturated carbocycles. The van der Waals surface area contributed by atoms with Crippen LogP contribution in [-0.2, 0) is 6.54 Å². The SMILES string of the molecule is CN(C)Cc1cncc(-c2ncc3[nH]nc(-c4nc5c(-c6ccoc6)cccc5[nH]4)c3c2F)c1. The number of para-hydroxylation sites is 1. The summed E-state index contributed by atoms with van der Waals surface area (Å²) in [5.41, 5.74) is 6.09. The lowest BCUT2D eigenvalue weighted by atomic mass is 10.1. The molecule has 168 valence electrons. The van der Waals surface area contributed by atoms with Crippen molar-refractivity contribution in [1.29, 1.82) is 0 Å². The molecule has 0 fully saturated rings. The Balaban J connectivity index is 1.50. The van der Waals surface area contributed by atoms with Crippen molar-refractivity contribution in [3.63, 3.8) is 0 Å². The molecular formula is C25H20FN7O. The fraction of sp³-hybridized carbons (Fsp3) is 0.120. The van der Waals surface area contributed by atoms with Crippen LogP contribution in [0.4, 0.5) is 4.39 Å². The van der Waals surface area contributed by atoms with Crippen molar-refractivity contribution in [3.8, 4) is 33.9 Å². The van der Waals surface area contributed by atoms with E-state index in [1.54, 1.807) is 31.1 Å². The van der Waals surface area contributed by atoms with E-state index >= 15 is 4.39 Å². The Morgan fingerprint density at radius 3 is 2.76 bits per heavy atom. The van der Waals surface area contributed by atoms with Gasteiger partial charge in [-0.25, -0.2) is 9.37 Å². The third kappa shape index (κ3) is 3.34. The lowest BCUT2D eigenvalue weighted by molar-refractivity contribution is 0.402. The van der Waals surface area contributed by atoms with Gasteiger partial charge in [-0.2, -0.15) is 5.10 Å². The maximum atomic E-state index is 15.9. The van der Waals surface area contributed by atoms with Crippen LogP contribution in [0.5, 0.6) is 0 Å². The maximum absolute atomic E-state index is 15.9. The third-order valence-corrected chi connectivity index (χ3v) is 5.68. The number of halogens is 1. The van der Waals surface area contributed by atoms with E-state index in [0.29, 0.717) is 34.5 Å². The number of imidazole rings is 1. The van der Waals surface area contributed by atoms with Crippen molar-refractivity contribution in [1.82, 2.24) is 35.0 Å². The summed E-state index contributed by atoms with van der Waals surface area (Å²) < 4.78 is 21.1. The van der Waals surface area contributed by atoms with E-state index in [0.717, 1.165) is 27.7 Å². The number of aromatic amines is 2. The van der Waals surface area contributed by atoms with Crippen LogP contribution < -0.4 is 0 Å². The molecular weight excluding hydrogens is 433 g/mol. The zero-order valence-electron chi connectivity index (χ0n) is 18.5. The highest BCUT2D eigenvalue weighted by molar-refractivity contribution is 5.98. The molecule has 0 unspecified atom stereocenters. The van der Waals surface area contributed by atoms with E-state index in [1.807, 2.05) is 49.3 Å². The van der Waals surface area contributed by atoms with E-state index in [2.05, 4.69) is 25.1 Å². The molecule has 0 atom stereocenters. The predicted octanol–water partition coefficient (Wildman–Crippen LogP) is 5.02. The number of hydrogen-bond acceptors (Lipinski definition) is 6. The van der Waals surface area contributed by atoms with Crippen molar-refractivity contribution in [3.05, 3.63) is 72.8 Å². The van der Waals surface area contributed by atoms with Crippen molar-refractivity contribution < 1.29 is 8.81 Å². The first-order valence-corrected chi connectivity index (χ1v) is 10.7. The lowest BCUT2D eigenvalue weighted by Gasteiger charge is -2.10. The van der Waals surface area contributed by atoms with Crippen molar-refractivity contribution in [2.24, 2.45) is 0 Å². The number of fused-ring (bicyclic) bond motifs is 2. The summed E-state index contributed by atoms with van der Waals surface area (Å²) in [7, 11) is 3.95. The Hall–Kier alpha value is -4.37. The number of hydrogen-bond donors (Lipinski definition) is 2. The first-order valence-electron chi connectivity index (χ1n) is 10.7. The highest BCUT2D eigenvalue weighted by Gasteiger charge is 2.21. The molecule has 6 rings (SSSR count). The Morgan fingerprint density at radius 2 is 1.94 bits per heavy atom. The largest absolute Gasteiger partial charge is 0.472 e. The van der Waals surface area contributed by atoms with E-state index in [9.17, 15) is 0 Å². The number of benzene rings is 1. The van der Waals surface area contributed by atoms with Crippen LogP contribution in [-0.4, -0.2) is 49.1 Å². The quantitative estimate of drug-likeness (QED) is 0.380. The van der Waals surface area contributed by atoms with Gasteiger partial charge in [0.15, 0.2) is 11.6 Å². The molecule has 0 radical (unpaired) electrons. The summed E-state index contributed by atoms with van der Waals surface area (Å²) >= 11 is 0. The highest BCUT2D eigenvalue weighted by atomic mass is 19.1. The fourth-order valence-corrected chi connectivity index (χ4v) is 4.21. The van der Waals surface area contributed by atoms with Gasteiger partial charge in [0.1, 0.15) is 11.4 Å². The molecule has 0 bridgehead atoms. The molecule has 5 heterocycles. The number of rotatable bonds is 5. The topological polar surface area (TPSA) is 99.5 Å². The third-order valence-electron chi connectivity index (χ3n) is 5.68. The van der Waals surface area contributed by atoms with Gasteiger partial charge in [0.05, 0.1) is 40.7 Å².